The Morgan fingerprint density at radius 2 is 1.74 bits per heavy atom. The fourth-order valence-electron chi connectivity index (χ4n) is 3.24. The maximum Gasteiger partial charge on any atom is 0.335 e. The molecule has 1 aliphatic heterocycles. The summed E-state index contributed by atoms with van der Waals surface area (Å²) in [6, 6.07) is 14.6. The largest absolute Gasteiger partial charge is 0.487 e. The number of halogens is 4. The molecule has 34 heavy (non-hydrogen) atoms. The molecule has 0 radical (unpaired) electrons. The minimum absolute atomic E-state index is 0.112. The van der Waals surface area contributed by atoms with Crippen LogP contribution in [-0.2, 0) is 16.2 Å². The number of anilines is 1. The number of carbonyl (C=O) groups excluding carboxylic acids is 3. The van der Waals surface area contributed by atoms with Gasteiger partial charge in [0.15, 0.2) is 0 Å². The number of benzene rings is 3. The van der Waals surface area contributed by atoms with Gasteiger partial charge in [-0.2, -0.15) is 0 Å². The summed E-state index contributed by atoms with van der Waals surface area (Å²) in [5, 5.41) is 2.34. The summed E-state index contributed by atoms with van der Waals surface area (Å²) in [7, 11) is 0. The van der Waals surface area contributed by atoms with E-state index in [-0.39, 0.29) is 28.7 Å². The van der Waals surface area contributed by atoms with Crippen molar-refractivity contribution in [3.05, 3.63) is 97.1 Å². The molecule has 4 rings (SSSR count). The summed E-state index contributed by atoms with van der Waals surface area (Å²) < 4.78 is 20.3. The second kappa shape index (κ2) is 10.1. The Bertz CT molecular complexity index is 1350. The Hall–Kier alpha value is -3.01. The van der Waals surface area contributed by atoms with Crippen LogP contribution in [0, 0.1) is 5.82 Å². The molecule has 0 aromatic heterocycles. The lowest BCUT2D eigenvalue weighted by Crippen LogP contribution is -2.54. The number of urea groups is 1. The van der Waals surface area contributed by atoms with Gasteiger partial charge >= 0.3 is 6.03 Å². The molecule has 1 heterocycles. The molecule has 0 bridgehead atoms. The van der Waals surface area contributed by atoms with Crippen LogP contribution in [0.5, 0.6) is 5.75 Å². The zero-order chi connectivity index (χ0) is 24.4. The van der Waals surface area contributed by atoms with Crippen molar-refractivity contribution < 1.29 is 23.5 Å². The summed E-state index contributed by atoms with van der Waals surface area (Å²) in [6.07, 6.45) is 1.34. The van der Waals surface area contributed by atoms with Crippen LogP contribution in [-0.4, -0.2) is 17.8 Å². The van der Waals surface area contributed by atoms with Crippen molar-refractivity contribution in [2.75, 3.05) is 4.90 Å². The standard InChI is InChI=1S/C24H14Br2ClFN2O4/c25-15-9-14(21(18(26)11-15)34-12-13-5-7-16(28)8-6-13)10-17-22(31)29-24(33)30(23(17)32)20-4-2-1-3-19(20)27/h1-11H,12H2,(H,29,31,33)/b17-10+. The number of ether oxygens (including phenoxy) is 1. The molecule has 0 saturated carbocycles. The second-order valence-corrected chi connectivity index (χ2v) is 9.31. The number of hydrogen-bond donors (Lipinski definition) is 1. The van der Waals surface area contributed by atoms with E-state index in [1.54, 1.807) is 36.4 Å². The summed E-state index contributed by atoms with van der Waals surface area (Å²) >= 11 is 13.0. The predicted molar refractivity (Wildman–Crippen MR) is 133 cm³/mol. The first kappa shape index (κ1) is 24.1. The number of rotatable bonds is 5. The van der Waals surface area contributed by atoms with Gasteiger partial charge < -0.3 is 4.74 Å². The molecular weight excluding hydrogens is 595 g/mol. The van der Waals surface area contributed by atoms with E-state index < -0.39 is 17.8 Å². The molecular formula is C24H14Br2ClFN2O4. The van der Waals surface area contributed by atoms with Gasteiger partial charge in [-0.25, -0.2) is 14.1 Å². The van der Waals surface area contributed by atoms with Gasteiger partial charge in [-0.1, -0.05) is 51.8 Å². The summed E-state index contributed by atoms with van der Waals surface area (Å²) in [6.45, 7) is 0.112. The molecule has 3 aromatic carbocycles. The van der Waals surface area contributed by atoms with Crippen LogP contribution < -0.4 is 15.0 Å². The molecule has 172 valence electrons. The predicted octanol–water partition coefficient (Wildman–Crippen LogP) is 6.25. The lowest BCUT2D eigenvalue weighted by Gasteiger charge is -2.27. The molecule has 1 N–H and O–H groups in total. The second-order valence-electron chi connectivity index (χ2n) is 7.13. The van der Waals surface area contributed by atoms with E-state index in [9.17, 15) is 18.8 Å². The van der Waals surface area contributed by atoms with Gasteiger partial charge in [-0.15, -0.1) is 0 Å². The van der Waals surface area contributed by atoms with Crippen molar-refractivity contribution in [2.45, 2.75) is 6.61 Å². The number of nitrogens with zero attached hydrogens (tertiary/aromatic N) is 1. The maximum absolute atomic E-state index is 13.2. The van der Waals surface area contributed by atoms with Crippen LogP contribution in [0.15, 0.2) is 75.2 Å². The van der Waals surface area contributed by atoms with Gasteiger partial charge in [0.25, 0.3) is 11.8 Å². The Morgan fingerprint density at radius 3 is 2.44 bits per heavy atom. The molecule has 3 aromatic rings. The minimum Gasteiger partial charge on any atom is -0.487 e. The topological polar surface area (TPSA) is 75.7 Å². The molecule has 10 heteroatoms. The van der Waals surface area contributed by atoms with Crippen LogP contribution in [0.1, 0.15) is 11.1 Å². The Kier molecular flexibility index (Phi) is 7.16. The third kappa shape index (κ3) is 5.06. The summed E-state index contributed by atoms with van der Waals surface area (Å²) in [5.74, 6) is -1.69. The van der Waals surface area contributed by atoms with Gasteiger partial charge in [0.2, 0.25) is 0 Å². The highest BCUT2D eigenvalue weighted by molar-refractivity contribution is 9.11. The van der Waals surface area contributed by atoms with Crippen molar-refractivity contribution in [1.82, 2.24) is 5.32 Å². The van der Waals surface area contributed by atoms with Crippen LogP contribution in [0.4, 0.5) is 14.9 Å². The van der Waals surface area contributed by atoms with Crippen molar-refractivity contribution >= 4 is 73.1 Å². The van der Waals surface area contributed by atoms with Gasteiger partial charge in [0.05, 0.1) is 15.2 Å². The number of barbiturate groups is 1. The zero-order valence-electron chi connectivity index (χ0n) is 17.2. The lowest BCUT2D eigenvalue weighted by atomic mass is 10.1. The number of amides is 4. The van der Waals surface area contributed by atoms with Crippen molar-refractivity contribution in [3.63, 3.8) is 0 Å². The van der Waals surface area contributed by atoms with Crippen molar-refractivity contribution in [3.8, 4) is 5.75 Å². The molecule has 6 nitrogen and oxygen atoms in total. The van der Waals surface area contributed by atoms with Gasteiger partial charge in [0.1, 0.15) is 23.7 Å². The Morgan fingerprint density at radius 1 is 1.03 bits per heavy atom. The zero-order valence-corrected chi connectivity index (χ0v) is 21.1. The van der Waals surface area contributed by atoms with E-state index >= 15 is 0 Å². The van der Waals surface area contributed by atoms with Crippen LogP contribution in [0.25, 0.3) is 6.08 Å². The lowest BCUT2D eigenvalue weighted by molar-refractivity contribution is -0.122. The molecule has 1 saturated heterocycles. The first-order valence-corrected chi connectivity index (χ1v) is 11.7. The van der Waals surface area contributed by atoms with Gasteiger partial charge in [-0.3, -0.25) is 14.9 Å². The number of hydrogen-bond acceptors (Lipinski definition) is 4. The normalized spacial score (nSPS) is 15.0. The van der Waals surface area contributed by atoms with E-state index in [0.717, 1.165) is 10.5 Å². The Balaban J connectivity index is 1.72. The Labute approximate surface area is 215 Å². The molecule has 1 fully saturated rings. The molecule has 0 spiro atoms. The van der Waals surface area contributed by atoms with E-state index in [4.69, 9.17) is 16.3 Å². The molecule has 0 aliphatic carbocycles. The smallest absolute Gasteiger partial charge is 0.335 e. The SMILES string of the molecule is O=C1NC(=O)N(c2ccccc2Cl)C(=O)/C1=C/c1cc(Br)cc(Br)c1OCc1ccc(F)cc1. The third-order valence-electron chi connectivity index (χ3n) is 4.83. The van der Waals surface area contributed by atoms with Crippen molar-refractivity contribution in [1.29, 1.82) is 0 Å². The van der Waals surface area contributed by atoms with E-state index in [0.29, 0.717) is 20.3 Å². The average molecular weight is 609 g/mol. The monoisotopic (exact) mass is 606 g/mol. The molecule has 1 aliphatic rings. The van der Waals surface area contributed by atoms with Crippen LogP contribution in [0.2, 0.25) is 5.02 Å². The summed E-state index contributed by atoms with van der Waals surface area (Å²) in [4.78, 5) is 39.1. The fourth-order valence-corrected chi connectivity index (χ4v) is 4.83. The van der Waals surface area contributed by atoms with E-state index in [1.165, 1.54) is 30.3 Å². The van der Waals surface area contributed by atoms with Crippen molar-refractivity contribution in [2.24, 2.45) is 0 Å². The number of imide groups is 2. The first-order chi connectivity index (χ1) is 16.2. The highest BCUT2D eigenvalue weighted by atomic mass is 79.9. The molecule has 4 amide bonds. The quantitative estimate of drug-likeness (QED) is 0.275. The molecule has 0 atom stereocenters. The highest BCUT2D eigenvalue weighted by Gasteiger charge is 2.37. The van der Waals surface area contributed by atoms with Gasteiger partial charge in [0, 0.05) is 10.0 Å². The van der Waals surface area contributed by atoms with Gasteiger partial charge in [-0.05, 0) is 64.0 Å². The maximum atomic E-state index is 13.2. The number of nitrogens with one attached hydrogen (secondary N) is 1. The van der Waals surface area contributed by atoms with E-state index in [1.807, 2.05) is 0 Å². The van der Waals surface area contributed by atoms with Crippen LogP contribution >= 0.6 is 43.5 Å². The highest BCUT2D eigenvalue weighted by Crippen LogP contribution is 2.36. The average Bonchev–Trinajstić information content (AvgIpc) is 2.78. The third-order valence-corrected chi connectivity index (χ3v) is 6.19. The fraction of sp³-hybridized carbons (Fsp3) is 0.0417. The first-order valence-electron chi connectivity index (χ1n) is 9.77. The number of carbonyl (C=O) groups is 3. The molecule has 0 unspecified atom stereocenters. The minimum atomic E-state index is -0.900. The van der Waals surface area contributed by atoms with Crippen LogP contribution in [0.3, 0.4) is 0 Å². The number of para-hydroxylation sites is 1. The summed E-state index contributed by atoms with van der Waals surface area (Å²) in [5.41, 5.74) is 0.983. The van der Waals surface area contributed by atoms with E-state index in [2.05, 4.69) is 37.2 Å².